The van der Waals surface area contributed by atoms with Gasteiger partial charge in [-0.25, -0.2) is 13.2 Å². The van der Waals surface area contributed by atoms with Gasteiger partial charge in [0.15, 0.2) is 0 Å². The van der Waals surface area contributed by atoms with Gasteiger partial charge in [-0.1, -0.05) is 17.4 Å². The van der Waals surface area contributed by atoms with Gasteiger partial charge < -0.3 is 10.2 Å². The number of anilines is 1. The molecule has 0 aliphatic carbocycles. The van der Waals surface area contributed by atoms with Crippen LogP contribution in [0.2, 0.25) is 5.02 Å². The summed E-state index contributed by atoms with van der Waals surface area (Å²) in [5.74, 6) is -2.15. The van der Waals surface area contributed by atoms with Crippen LogP contribution in [0.3, 0.4) is 0 Å². The van der Waals surface area contributed by atoms with E-state index in [9.17, 15) is 18.3 Å². The number of rotatable bonds is 4. The third kappa shape index (κ3) is 3.45. The Bertz CT molecular complexity index is 787. The van der Waals surface area contributed by atoms with E-state index in [0.29, 0.717) is 5.02 Å². The van der Waals surface area contributed by atoms with Crippen molar-refractivity contribution in [3.63, 3.8) is 0 Å². The maximum Gasteiger partial charge on any atom is 0.335 e. The van der Waals surface area contributed by atoms with Crippen molar-refractivity contribution in [1.82, 2.24) is 0 Å². The van der Waals surface area contributed by atoms with Gasteiger partial charge in [-0.05, 0) is 42.5 Å². The Morgan fingerprint density at radius 2 is 1.76 bits per heavy atom. The van der Waals surface area contributed by atoms with E-state index in [0.717, 1.165) is 12.1 Å². The SMILES string of the molecule is O=C(O)c1ccc(NS(=O)(=O)c2ccc(Cl)cc2)cc1[O-]. The molecule has 2 N–H and O–H groups in total. The van der Waals surface area contributed by atoms with Crippen molar-refractivity contribution < 1.29 is 23.4 Å². The summed E-state index contributed by atoms with van der Waals surface area (Å²) >= 11 is 5.68. The predicted molar refractivity (Wildman–Crippen MR) is 75.1 cm³/mol. The van der Waals surface area contributed by atoms with Gasteiger partial charge in [-0.2, -0.15) is 0 Å². The summed E-state index contributed by atoms with van der Waals surface area (Å²) in [5.41, 5.74) is -0.440. The first-order chi connectivity index (χ1) is 9.79. The minimum atomic E-state index is -3.87. The number of hydrogen-bond donors (Lipinski definition) is 2. The first kappa shape index (κ1) is 15.1. The first-order valence-electron chi connectivity index (χ1n) is 5.62. The minimum absolute atomic E-state index is 0.0139. The Kier molecular flexibility index (Phi) is 4.06. The fourth-order valence-corrected chi connectivity index (χ4v) is 2.77. The van der Waals surface area contributed by atoms with Gasteiger partial charge in [0.1, 0.15) is 0 Å². The second-order valence-corrected chi connectivity index (χ2v) is 6.19. The van der Waals surface area contributed by atoms with Gasteiger partial charge >= 0.3 is 5.97 Å². The molecule has 0 atom stereocenters. The maximum absolute atomic E-state index is 12.1. The highest BCUT2D eigenvalue weighted by atomic mass is 35.5. The Balaban J connectivity index is 2.31. The largest absolute Gasteiger partial charge is 0.872 e. The van der Waals surface area contributed by atoms with Gasteiger partial charge in [0.05, 0.1) is 10.5 Å². The van der Waals surface area contributed by atoms with Crippen LogP contribution in [0.1, 0.15) is 10.4 Å². The lowest BCUT2D eigenvalue weighted by Crippen LogP contribution is -2.13. The van der Waals surface area contributed by atoms with Crippen LogP contribution in [0.4, 0.5) is 5.69 Å². The van der Waals surface area contributed by atoms with E-state index in [1.54, 1.807) is 0 Å². The number of hydrogen-bond acceptors (Lipinski definition) is 4. The number of sulfonamides is 1. The number of halogens is 1. The van der Waals surface area contributed by atoms with E-state index in [-0.39, 0.29) is 10.6 Å². The maximum atomic E-state index is 12.1. The highest BCUT2D eigenvalue weighted by Crippen LogP contribution is 2.23. The lowest BCUT2D eigenvalue weighted by Gasteiger charge is -2.14. The topological polar surface area (TPSA) is 107 Å². The van der Waals surface area contributed by atoms with Crippen molar-refractivity contribution in [1.29, 1.82) is 0 Å². The fraction of sp³-hybridized carbons (Fsp3) is 0. The molecule has 0 aliphatic heterocycles. The van der Waals surface area contributed by atoms with E-state index in [2.05, 4.69) is 4.72 Å². The zero-order valence-corrected chi connectivity index (χ0v) is 12.0. The molecule has 0 bridgehead atoms. The highest BCUT2D eigenvalue weighted by Gasteiger charge is 2.14. The summed E-state index contributed by atoms with van der Waals surface area (Å²) < 4.78 is 26.3. The molecule has 0 fully saturated rings. The number of carbonyl (C=O) groups is 1. The highest BCUT2D eigenvalue weighted by molar-refractivity contribution is 7.92. The minimum Gasteiger partial charge on any atom is -0.872 e. The van der Waals surface area contributed by atoms with Crippen LogP contribution < -0.4 is 9.83 Å². The molecule has 8 heteroatoms. The third-order valence-corrected chi connectivity index (χ3v) is 4.24. The van der Waals surface area contributed by atoms with Crippen LogP contribution in [-0.4, -0.2) is 19.5 Å². The quantitative estimate of drug-likeness (QED) is 0.892. The molecule has 0 saturated carbocycles. The standard InChI is InChI=1S/C13H10ClNO5S/c14-8-1-4-10(5-2-8)21(19,20)15-9-3-6-11(13(17)18)12(16)7-9/h1-7,15-16H,(H,17,18)/p-1. The Labute approximate surface area is 125 Å². The molecule has 0 heterocycles. The molecule has 6 nitrogen and oxygen atoms in total. The summed E-state index contributed by atoms with van der Waals surface area (Å²) in [7, 11) is -3.87. The number of aromatic carboxylic acids is 1. The molecule has 0 amide bonds. The molecule has 0 spiro atoms. The molecule has 0 radical (unpaired) electrons. The second-order valence-electron chi connectivity index (χ2n) is 4.08. The monoisotopic (exact) mass is 326 g/mol. The molecule has 0 unspecified atom stereocenters. The van der Waals surface area contributed by atoms with Crippen LogP contribution >= 0.6 is 11.6 Å². The van der Waals surface area contributed by atoms with Crippen molar-refractivity contribution in [2.24, 2.45) is 0 Å². The van der Waals surface area contributed by atoms with Crippen LogP contribution in [-0.2, 0) is 10.0 Å². The van der Waals surface area contributed by atoms with E-state index < -0.39 is 27.3 Å². The van der Waals surface area contributed by atoms with Crippen LogP contribution in [0.5, 0.6) is 5.75 Å². The van der Waals surface area contributed by atoms with Crippen LogP contribution in [0.25, 0.3) is 0 Å². The molecule has 2 aromatic carbocycles. The average molecular weight is 327 g/mol. The molecular formula is C13H9ClNO5S-. The van der Waals surface area contributed by atoms with Crippen molar-refractivity contribution in [3.05, 3.63) is 53.1 Å². The molecule has 2 rings (SSSR count). The number of carboxylic acid groups (broad SMARTS) is 1. The second kappa shape index (κ2) is 5.63. The molecule has 2 aromatic rings. The van der Waals surface area contributed by atoms with Crippen molar-refractivity contribution in [2.45, 2.75) is 4.90 Å². The lowest BCUT2D eigenvalue weighted by molar-refractivity contribution is -0.268. The smallest absolute Gasteiger partial charge is 0.335 e. The first-order valence-corrected chi connectivity index (χ1v) is 7.48. The van der Waals surface area contributed by atoms with Crippen molar-refractivity contribution in [2.75, 3.05) is 4.72 Å². The predicted octanol–water partition coefficient (Wildman–Crippen LogP) is 1.91. The van der Waals surface area contributed by atoms with Gasteiger partial charge in [-0.15, -0.1) is 0 Å². The van der Waals surface area contributed by atoms with Gasteiger partial charge in [0.2, 0.25) is 0 Å². The zero-order chi connectivity index (χ0) is 15.6. The van der Waals surface area contributed by atoms with Crippen LogP contribution in [0, 0.1) is 0 Å². The van der Waals surface area contributed by atoms with Gasteiger partial charge in [-0.3, -0.25) is 4.72 Å². The Morgan fingerprint density at radius 1 is 1.14 bits per heavy atom. The summed E-state index contributed by atoms with van der Waals surface area (Å²) in [5, 5.41) is 20.6. The summed E-state index contributed by atoms with van der Waals surface area (Å²) in [4.78, 5) is 10.7. The normalized spacial score (nSPS) is 11.1. The molecule has 0 aliphatic rings. The van der Waals surface area contributed by atoms with Crippen molar-refractivity contribution >= 4 is 33.3 Å². The summed E-state index contributed by atoms with van der Waals surface area (Å²) in [6.07, 6.45) is 0. The van der Waals surface area contributed by atoms with E-state index in [1.165, 1.54) is 30.3 Å². The number of benzene rings is 2. The zero-order valence-electron chi connectivity index (χ0n) is 10.4. The molecule has 21 heavy (non-hydrogen) atoms. The average Bonchev–Trinajstić information content (AvgIpc) is 2.38. The molecular weight excluding hydrogens is 318 g/mol. The van der Waals surface area contributed by atoms with E-state index in [1.807, 2.05) is 0 Å². The third-order valence-electron chi connectivity index (χ3n) is 2.59. The van der Waals surface area contributed by atoms with E-state index >= 15 is 0 Å². The number of carboxylic acids is 1. The fourth-order valence-electron chi connectivity index (χ4n) is 1.59. The van der Waals surface area contributed by atoms with Crippen molar-refractivity contribution in [3.8, 4) is 5.75 Å². The lowest BCUT2D eigenvalue weighted by atomic mass is 10.2. The summed E-state index contributed by atoms with van der Waals surface area (Å²) in [6, 6.07) is 8.63. The molecule has 110 valence electrons. The Morgan fingerprint density at radius 3 is 2.29 bits per heavy atom. The Hall–Kier alpha value is -2.25. The van der Waals surface area contributed by atoms with E-state index in [4.69, 9.17) is 16.7 Å². The van der Waals surface area contributed by atoms with Crippen LogP contribution in [0.15, 0.2) is 47.4 Å². The summed E-state index contributed by atoms with van der Waals surface area (Å²) in [6.45, 7) is 0. The number of nitrogens with one attached hydrogen (secondary N) is 1. The van der Waals surface area contributed by atoms with Gasteiger partial charge in [0.25, 0.3) is 10.0 Å². The molecule has 0 aromatic heterocycles. The molecule has 0 saturated heterocycles. The van der Waals surface area contributed by atoms with Gasteiger partial charge in [0, 0.05) is 10.7 Å².